The van der Waals surface area contributed by atoms with Crippen LogP contribution in [0.1, 0.15) is 11.4 Å². The van der Waals surface area contributed by atoms with Gasteiger partial charge in [0.05, 0.1) is 5.56 Å². The van der Waals surface area contributed by atoms with Gasteiger partial charge in [0.1, 0.15) is 17.3 Å². The van der Waals surface area contributed by atoms with Crippen molar-refractivity contribution in [2.24, 2.45) is 7.05 Å². The van der Waals surface area contributed by atoms with Gasteiger partial charge in [-0.1, -0.05) is 11.6 Å². The van der Waals surface area contributed by atoms with E-state index in [2.05, 4.69) is 4.98 Å². The predicted octanol–water partition coefficient (Wildman–Crippen LogP) is 2.84. The van der Waals surface area contributed by atoms with E-state index in [0.29, 0.717) is 10.8 Å². The van der Waals surface area contributed by atoms with Gasteiger partial charge in [-0.25, -0.2) is 4.98 Å². The second-order valence-corrected chi connectivity index (χ2v) is 4.02. The van der Waals surface area contributed by atoms with Crippen molar-refractivity contribution in [2.75, 3.05) is 0 Å². The highest BCUT2D eigenvalue weighted by molar-refractivity contribution is 6.30. The lowest BCUT2D eigenvalue weighted by Crippen LogP contribution is -1.92. The Morgan fingerprint density at radius 1 is 1.47 bits per heavy atom. The van der Waals surface area contributed by atoms with Gasteiger partial charge in [-0.15, -0.1) is 0 Å². The predicted molar refractivity (Wildman–Crippen MR) is 66.8 cm³/mol. The van der Waals surface area contributed by atoms with Crippen LogP contribution >= 0.6 is 11.6 Å². The summed E-state index contributed by atoms with van der Waals surface area (Å²) in [6.07, 6.45) is 4.85. The van der Waals surface area contributed by atoms with Crippen molar-refractivity contribution >= 4 is 23.4 Å². The standard InChI is InChI=1S/C12H11ClN2O2/c1-15-5-4-14-12(15)7-11(17)9-6-8(13)2-3-10(9)16/h2-7,16-17H,1H3/b11-7-. The van der Waals surface area contributed by atoms with Crippen LogP contribution in [0.25, 0.3) is 11.8 Å². The van der Waals surface area contributed by atoms with E-state index >= 15 is 0 Å². The lowest BCUT2D eigenvalue weighted by molar-refractivity contribution is 0.461. The Labute approximate surface area is 103 Å². The second-order valence-electron chi connectivity index (χ2n) is 3.59. The average molecular weight is 251 g/mol. The van der Waals surface area contributed by atoms with Gasteiger partial charge in [-0.2, -0.15) is 0 Å². The number of aliphatic hydroxyl groups is 1. The van der Waals surface area contributed by atoms with Crippen molar-refractivity contribution in [2.45, 2.75) is 0 Å². The summed E-state index contributed by atoms with van der Waals surface area (Å²) in [7, 11) is 1.81. The molecule has 88 valence electrons. The number of nitrogens with zero attached hydrogens (tertiary/aromatic N) is 2. The minimum absolute atomic E-state index is 0.0302. The summed E-state index contributed by atoms with van der Waals surface area (Å²) in [5.41, 5.74) is 0.278. The quantitative estimate of drug-likeness (QED) is 0.806. The molecule has 2 aromatic rings. The smallest absolute Gasteiger partial charge is 0.136 e. The highest BCUT2D eigenvalue weighted by atomic mass is 35.5. The van der Waals surface area contributed by atoms with E-state index in [1.165, 1.54) is 18.2 Å². The summed E-state index contributed by atoms with van der Waals surface area (Å²) in [5, 5.41) is 20.0. The van der Waals surface area contributed by atoms with Crippen molar-refractivity contribution in [1.82, 2.24) is 9.55 Å². The fourth-order valence-electron chi connectivity index (χ4n) is 1.43. The Hall–Kier alpha value is -1.94. The number of hydrogen-bond donors (Lipinski definition) is 2. The molecule has 0 radical (unpaired) electrons. The molecule has 0 unspecified atom stereocenters. The number of aliphatic hydroxyl groups excluding tert-OH is 1. The maximum atomic E-state index is 9.91. The first-order valence-corrected chi connectivity index (χ1v) is 5.32. The molecule has 0 fully saturated rings. The lowest BCUT2D eigenvalue weighted by Gasteiger charge is -2.04. The third-order valence-electron chi connectivity index (χ3n) is 2.36. The molecule has 0 atom stereocenters. The summed E-state index contributed by atoms with van der Waals surface area (Å²) >= 11 is 5.80. The van der Waals surface area contributed by atoms with Gasteiger partial charge in [0.15, 0.2) is 0 Å². The van der Waals surface area contributed by atoms with Gasteiger partial charge in [-0.3, -0.25) is 0 Å². The van der Waals surface area contributed by atoms with E-state index in [4.69, 9.17) is 11.6 Å². The van der Waals surface area contributed by atoms with E-state index in [1.807, 2.05) is 7.05 Å². The first kappa shape index (κ1) is 11.5. The first-order chi connectivity index (χ1) is 8.08. The molecule has 2 N–H and O–H groups in total. The van der Waals surface area contributed by atoms with E-state index < -0.39 is 0 Å². The van der Waals surface area contributed by atoms with Gasteiger partial charge in [0, 0.05) is 30.5 Å². The molecule has 5 heteroatoms. The van der Waals surface area contributed by atoms with Gasteiger partial charge in [0.2, 0.25) is 0 Å². The number of aromatic nitrogens is 2. The molecule has 0 aliphatic heterocycles. The molecule has 4 nitrogen and oxygen atoms in total. The highest BCUT2D eigenvalue weighted by Crippen LogP contribution is 2.27. The molecule has 0 spiro atoms. The minimum Gasteiger partial charge on any atom is -0.507 e. The van der Waals surface area contributed by atoms with Crippen molar-refractivity contribution in [3.8, 4) is 5.75 Å². The lowest BCUT2D eigenvalue weighted by atomic mass is 10.1. The zero-order valence-corrected chi connectivity index (χ0v) is 9.89. The third kappa shape index (κ3) is 2.42. The largest absolute Gasteiger partial charge is 0.507 e. The zero-order chi connectivity index (χ0) is 12.4. The summed E-state index contributed by atoms with van der Waals surface area (Å²) in [5.74, 6) is 0.471. The van der Waals surface area contributed by atoms with Crippen LogP contribution in [0.3, 0.4) is 0 Å². The highest BCUT2D eigenvalue weighted by Gasteiger charge is 2.08. The molecule has 0 bridgehead atoms. The average Bonchev–Trinajstić information content (AvgIpc) is 2.68. The molecule has 0 aliphatic rings. The molecular weight excluding hydrogens is 240 g/mol. The maximum Gasteiger partial charge on any atom is 0.136 e. The zero-order valence-electron chi connectivity index (χ0n) is 9.13. The van der Waals surface area contributed by atoms with Gasteiger partial charge < -0.3 is 14.8 Å². The Bertz CT molecular complexity index is 576. The normalized spacial score (nSPS) is 11.8. The number of imidazole rings is 1. The molecule has 0 saturated carbocycles. The van der Waals surface area contributed by atoms with Crippen molar-refractivity contribution in [3.05, 3.63) is 47.0 Å². The number of phenols is 1. The summed E-state index contributed by atoms with van der Waals surface area (Å²) in [6.45, 7) is 0. The molecular formula is C12H11ClN2O2. The third-order valence-corrected chi connectivity index (χ3v) is 2.59. The van der Waals surface area contributed by atoms with Crippen LogP contribution in [0.15, 0.2) is 30.6 Å². The van der Waals surface area contributed by atoms with E-state index in [0.717, 1.165) is 0 Å². The van der Waals surface area contributed by atoms with Crippen LogP contribution in [0.4, 0.5) is 0 Å². The molecule has 2 rings (SSSR count). The summed E-state index contributed by atoms with van der Waals surface area (Å²) in [4.78, 5) is 4.05. The van der Waals surface area contributed by atoms with Crippen molar-refractivity contribution in [3.63, 3.8) is 0 Å². The number of hydrogen-bond acceptors (Lipinski definition) is 3. The molecule has 1 heterocycles. The van der Waals surface area contributed by atoms with Crippen molar-refractivity contribution in [1.29, 1.82) is 0 Å². The van der Waals surface area contributed by atoms with E-state index in [1.54, 1.807) is 23.0 Å². The number of halogens is 1. The Balaban J connectivity index is 2.43. The molecule has 17 heavy (non-hydrogen) atoms. The van der Waals surface area contributed by atoms with E-state index in [-0.39, 0.29) is 17.1 Å². The van der Waals surface area contributed by atoms with Gasteiger partial charge >= 0.3 is 0 Å². The van der Waals surface area contributed by atoms with E-state index in [9.17, 15) is 10.2 Å². The second kappa shape index (κ2) is 4.51. The summed E-state index contributed by atoms with van der Waals surface area (Å²) in [6, 6.07) is 4.47. The fraction of sp³-hybridized carbons (Fsp3) is 0.0833. The monoisotopic (exact) mass is 250 g/mol. The number of aromatic hydroxyl groups is 1. The first-order valence-electron chi connectivity index (χ1n) is 4.95. The number of phenolic OH excluding ortho intramolecular Hbond substituents is 1. The number of aryl methyl sites for hydroxylation is 1. The molecule has 0 amide bonds. The Morgan fingerprint density at radius 2 is 2.24 bits per heavy atom. The summed E-state index contributed by atoms with van der Waals surface area (Å²) < 4.78 is 1.75. The van der Waals surface area contributed by atoms with Gasteiger partial charge in [-0.05, 0) is 18.2 Å². The SMILES string of the molecule is Cn1ccnc1/C=C(\O)c1cc(Cl)ccc1O. The van der Waals surface area contributed by atoms with Crippen LogP contribution < -0.4 is 0 Å². The maximum absolute atomic E-state index is 9.91. The fourth-order valence-corrected chi connectivity index (χ4v) is 1.60. The molecule has 1 aromatic carbocycles. The van der Waals surface area contributed by atoms with Crippen molar-refractivity contribution < 1.29 is 10.2 Å². The van der Waals surface area contributed by atoms with Crippen LogP contribution in [-0.2, 0) is 7.05 Å². The molecule has 1 aromatic heterocycles. The Morgan fingerprint density at radius 3 is 2.88 bits per heavy atom. The van der Waals surface area contributed by atoms with Crippen LogP contribution in [0.2, 0.25) is 5.02 Å². The van der Waals surface area contributed by atoms with Crippen LogP contribution in [0, 0.1) is 0 Å². The number of benzene rings is 1. The molecule has 0 saturated heterocycles. The van der Waals surface area contributed by atoms with Gasteiger partial charge in [0.25, 0.3) is 0 Å². The Kier molecular flexibility index (Phi) is 3.06. The van der Waals surface area contributed by atoms with Crippen LogP contribution in [-0.4, -0.2) is 19.8 Å². The molecule has 0 aliphatic carbocycles. The minimum atomic E-state index is -0.0840. The van der Waals surface area contributed by atoms with Crippen LogP contribution in [0.5, 0.6) is 5.75 Å². The number of rotatable bonds is 2. The topological polar surface area (TPSA) is 58.3 Å².